The van der Waals surface area contributed by atoms with Gasteiger partial charge in [0.2, 0.25) is 0 Å². The van der Waals surface area contributed by atoms with Crippen molar-refractivity contribution in [3.05, 3.63) is 0 Å². The second-order valence-electron chi connectivity index (χ2n) is 6.26. The first-order valence-corrected chi connectivity index (χ1v) is 7.65. The predicted molar refractivity (Wildman–Crippen MR) is 75.1 cm³/mol. The van der Waals surface area contributed by atoms with E-state index in [-0.39, 0.29) is 18.2 Å². The third kappa shape index (κ3) is 3.13. The molecule has 0 spiro atoms. The standard InChI is InChI=1S/C14H23N3O4/c1-21-11-6-12(13(18)19)17(8-11)14(20)15-9-4-5-16(7-9)10-2-3-10/h9-12H,2-8H2,1H3,(H,15,20)(H,18,19). The smallest absolute Gasteiger partial charge is 0.326 e. The normalized spacial score (nSPS) is 33.4. The minimum absolute atomic E-state index is 0.133. The molecule has 0 aromatic heterocycles. The highest BCUT2D eigenvalue weighted by atomic mass is 16.5. The third-order valence-corrected chi connectivity index (χ3v) is 4.75. The number of carbonyl (C=O) groups excluding carboxylic acids is 1. The predicted octanol–water partition coefficient (Wildman–Crippen LogP) is 0.107. The zero-order chi connectivity index (χ0) is 15.0. The lowest BCUT2D eigenvalue weighted by molar-refractivity contribution is -0.141. The molecule has 2 amide bonds. The van der Waals surface area contributed by atoms with Crippen molar-refractivity contribution < 1.29 is 19.4 Å². The van der Waals surface area contributed by atoms with Crippen LogP contribution in [0.1, 0.15) is 25.7 Å². The Labute approximate surface area is 124 Å². The first kappa shape index (κ1) is 14.6. The van der Waals surface area contributed by atoms with E-state index in [1.807, 2.05) is 0 Å². The average molecular weight is 297 g/mol. The molecular formula is C14H23N3O4. The number of carboxylic acid groups (broad SMARTS) is 1. The topological polar surface area (TPSA) is 82.1 Å². The summed E-state index contributed by atoms with van der Waals surface area (Å²) in [5, 5.41) is 12.2. The quantitative estimate of drug-likeness (QED) is 0.769. The second kappa shape index (κ2) is 5.81. The van der Waals surface area contributed by atoms with Crippen LogP contribution in [0.4, 0.5) is 4.79 Å². The minimum Gasteiger partial charge on any atom is -0.480 e. The monoisotopic (exact) mass is 297 g/mol. The Morgan fingerprint density at radius 3 is 2.62 bits per heavy atom. The van der Waals surface area contributed by atoms with Gasteiger partial charge < -0.3 is 20.1 Å². The number of ether oxygens (including phenoxy) is 1. The number of methoxy groups -OCH3 is 1. The van der Waals surface area contributed by atoms with Gasteiger partial charge in [-0.1, -0.05) is 0 Å². The minimum atomic E-state index is -0.962. The molecule has 0 aromatic carbocycles. The first-order chi connectivity index (χ1) is 10.1. The average Bonchev–Trinajstić information content (AvgIpc) is 3.03. The van der Waals surface area contributed by atoms with Gasteiger partial charge in [-0.05, 0) is 19.3 Å². The van der Waals surface area contributed by atoms with Crippen LogP contribution in [0.15, 0.2) is 0 Å². The molecule has 2 saturated heterocycles. The van der Waals surface area contributed by atoms with Crippen LogP contribution in [0.3, 0.4) is 0 Å². The van der Waals surface area contributed by atoms with Crippen LogP contribution < -0.4 is 5.32 Å². The molecule has 2 heterocycles. The maximum absolute atomic E-state index is 12.3. The molecule has 7 heteroatoms. The van der Waals surface area contributed by atoms with Crippen LogP contribution in [0.5, 0.6) is 0 Å². The number of nitrogens with one attached hydrogen (secondary N) is 1. The van der Waals surface area contributed by atoms with Gasteiger partial charge in [0, 0.05) is 45.2 Å². The van der Waals surface area contributed by atoms with Crippen molar-refractivity contribution in [3.8, 4) is 0 Å². The second-order valence-corrected chi connectivity index (χ2v) is 6.26. The van der Waals surface area contributed by atoms with E-state index in [9.17, 15) is 14.7 Å². The van der Waals surface area contributed by atoms with E-state index in [2.05, 4.69) is 10.2 Å². The van der Waals surface area contributed by atoms with Gasteiger partial charge >= 0.3 is 12.0 Å². The molecule has 118 valence electrons. The van der Waals surface area contributed by atoms with E-state index in [0.717, 1.165) is 19.5 Å². The number of carboxylic acids is 1. The number of urea groups is 1. The molecule has 3 unspecified atom stereocenters. The molecule has 2 aliphatic heterocycles. The largest absolute Gasteiger partial charge is 0.480 e. The molecule has 7 nitrogen and oxygen atoms in total. The third-order valence-electron chi connectivity index (χ3n) is 4.75. The van der Waals surface area contributed by atoms with Gasteiger partial charge in [-0.25, -0.2) is 9.59 Å². The zero-order valence-corrected chi connectivity index (χ0v) is 12.3. The molecule has 1 aliphatic carbocycles. The Bertz CT molecular complexity index is 426. The Morgan fingerprint density at radius 1 is 1.24 bits per heavy atom. The number of amides is 2. The lowest BCUT2D eigenvalue weighted by Gasteiger charge is -2.24. The summed E-state index contributed by atoms with van der Waals surface area (Å²) < 4.78 is 5.21. The number of likely N-dealkylation sites (tertiary alicyclic amines) is 2. The molecule has 3 aliphatic rings. The molecule has 3 rings (SSSR count). The van der Waals surface area contributed by atoms with Crippen molar-refractivity contribution >= 4 is 12.0 Å². The van der Waals surface area contributed by atoms with Crippen LogP contribution in [0.25, 0.3) is 0 Å². The van der Waals surface area contributed by atoms with Crippen molar-refractivity contribution in [2.75, 3.05) is 26.7 Å². The van der Waals surface area contributed by atoms with Crippen LogP contribution in [0.2, 0.25) is 0 Å². The molecule has 2 N–H and O–H groups in total. The fourth-order valence-corrected chi connectivity index (χ4v) is 3.36. The summed E-state index contributed by atoms with van der Waals surface area (Å²) in [5.74, 6) is -0.962. The van der Waals surface area contributed by atoms with Crippen molar-refractivity contribution in [1.82, 2.24) is 15.1 Å². The number of hydrogen-bond acceptors (Lipinski definition) is 4. The molecule has 0 bridgehead atoms. The van der Waals surface area contributed by atoms with Crippen LogP contribution in [-0.4, -0.2) is 77.9 Å². The van der Waals surface area contributed by atoms with E-state index < -0.39 is 12.0 Å². The van der Waals surface area contributed by atoms with Gasteiger partial charge in [-0.15, -0.1) is 0 Å². The summed E-state index contributed by atoms with van der Waals surface area (Å²) in [7, 11) is 1.55. The van der Waals surface area contributed by atoms with E-state index in [1.54, 1.807) is 7.11 Å². The number of carbonyl (C=O) groups is 2. The number of rotatable bonds is 4. The number of hydrogen-bond donors (Lipinski definition) is 2. The Hall–Kier alpha value is -1.34. The Kier molecular flexibility index (Phi) is 4.03. The van der Waals surface area contributed by atoms with Crippen molar-refractivity contribution in [2.24, 2.45) is 0 Å². The Balaban J connectivity index is 1.55. The molecule has 1 saturated carbocycles. The molecule has 3 atom stereocenters. The van der Waals surface area contributed by atoms with Gasteiger partial charge in [-0.3, -0.25) is 4.90 Å². The van der Waals surface area contributed by atoms with Crippen molar-refractivity contribution in [1.29, 1.82) is 0 Å². The molecular weight excluding hydrogens is 274 g/mol. The Morgan fingerprint density at radius 2 is 2.00 bits per heavy atom. The molecule has 0 radical (unpaired) electrons. The van der Waals surface area contributed by atoms with Crippen LogP contribution in [-0.2, 0) is 9.53 Å². The van der Waals surface area contributed by atoms with E-state index >= 15 is 0 Å². The summed E-state index contributed by atoms with van der Waals surface area (Å²) in [4.78, 5) is 27.4. The number of aliphatic carboxylic acids is 1. The summed E-state index contributed by atoms with van der Waals surface area (Å²) in [6, 6.07) is -0.210. The maximum atomic E-state index is 12.3. The number of nitrogens with zero attached hydrogens (tertiary/aromatic N) is 2. The van der Waals surface area contributed by atoms with Crippen LogP contribution in [0, 0.1) is 0 Å². The van der Waals surface area contributed by atoms with Gasteiger partial charge in [0.05, 0.1) is 6.10 Å². The van der Waals surface area contributed by atoms with Gasteiger partial charge in [0.15, 0.2) is 0 Å². The van der Waals surface area contributed by atoms with E-state index in [4.69, 9.17) is 4.74 Å². The first-order valence-electron chi connectivity index (χ1n) is 7.65. The lowest BCUT2D eigenvalue weighted by Crippen LogP contribution is -2.49. The maximum Gasteiger partial charge on any atom is 0.326 e. The van der Waals surface area contributed by atoms with E-state index in [1.165, 1.54) is 17.7 Å². The van der Waals surface area contributed by atoms with Crippen molar-refractivity contribution in [2.45, 2.75) is 49.9 Å². The van der Waals surface area contributed by atoms with Crippen LogP contribution >= 0.6 is 0 Å². The van der Waals surface area contributed by atoms with Gasteiger partial charge in [0.25, 0.3) is 0 Å². The SMILES string of the molecule is COC1CC(C(=O)O)N(C(=O)NC2CCN(C3CC3)C2)C1. The fraction of sp³-hybridized carbons (Fsp3) is 0.857. The van der Waals surface area contributed by atoms with Gasteiger partial charge in [-0.2, -0.15) is 0 Å². The molecule has 0 aromatic rings. The van der Waals surface area contributed by atoms with E-state index in [0.29, 0.717) is 19.0 Å². The summed E-state index contributed by atoms with van der Waals surface area (Å²) in [6.45, 7) is 2.26. The molecule has 3 fully saturated rings. The summed E-state index contributed by atoms with van der Waals surface area (Å²) in [5.41, 5.74) is 0. The van der Waals surface area contributed by atoms with Gasteiger partial charge in [0.1, 0.15) is 6.04 Å². The highest BCUT2D eigenvalue weighted by molar-refractivity contribution is 5.83. The van der Waals surface area contributed by atoms with Crippen molar-refractivity contribution in [3.63, 3.8) is 0 Å². The summed E-state index contributed by atoms with van der Waals surface area (Å²) in [6.07, 6.45) is 3.65. The highest BCUT2D eigenvalue weighted by Gasteiger charge is 2.41. The summed E-state index contributed by atoms with van der Waals surface area (Å²) >= 11 is 0. The zero-order valence-electron chi connectivity index (χ0n) is 12.3. The molecule has 21 heavy (non-hydrogen) atoms. The fourth-order valence-electron chi connectivity index (χ4n) is 3.36. The highest BCUT2D eigenvalue weighted by Crippen LogP contribution is 2.30. The lowest BCUT2D eigenvalue weighted by atomic mass is 10.2.